The van der Waals surface area contributed by atoms with Crippen LogP contribution in [0.2, 0.25) is 0 Å². The number of Topliss-reactive ketones (excluding diaryl/α,β-unsaturated/α-hetero) is 2. The van der Waals surface area contributed by atoms with E-state index in [1.165, 1.54) is 13.8 Å². The third kappa shape index (κ3) is 3.15. The third-order valence-corrected chi connectivity index (χ3v) is 8.73. The number of aliphatic hydroxyl groups excluding tert-OH is 1. The minimum Gasteiger partial charge on any atom is -0.512 e. The van der Waals surface area contributed by atoms with Gasteiger partial charge in [-0.15, -0.1) is 0 Å². The molecule has 0 aliphatic heterocycles. The van der Waals surface area contributed by atoms with Crippen LogP contribution < -0.4 is 0 Å². The van der Waals surface area contributed by atoms with Gasteiger partial charge in [-0.25, -0.2) is 0 Å². The number of carbonyl (C=O) groups excluding carboxylic acids is 4. The van der Waals surface area contributed by atoms with E-state index in [-0.39, 0.29) is 35.4 Å². The molecule has 4 rings (SSSR count). The Hall–Kier alpha value is -2.44. The maximum Gasteiger partial charge on any atom is 0.303 e. The number of ether oxygens (including phenoxy) is 2. The minimum absolute atomic E-state index is 0.0138. The standard InChI is InChI=1S/C25H32O7/c1-14(26)31-13-21(30)25(32-15(2)27)10-8-19-18-6-5-16-11-17(28)7-9-23(16,3)22(18)20(29)12-24(19,25)4/h5,11,18-19,22,28H,6-10,12-13H2,1-4H3/t18?,19?,22?,23-,24-,25-/m0/s1. The molecule has 4 aliphatic rings. The van der Waals surface area contributed by atoms with Crippen LogP contribution in [0.5, 0.6) is 0 Å². The molecule has 32 heavy (non-hydrogen) atoms. The first-order valence-corrected chi connectivity index (χ1v) is 11.4. The zero-order valence-corrected chi connectivity index (χ0v) is 19.2. The second-order valence-corrected chi connectivity index (χ2v) is 10.4. The van der Waals surface area contributed by atoms with Gasteiger partial charge in [-0.2, -0.15) is 0 Å². The van der Waals surface area contributed by atoms with Gasteiger partial charge in [0.1, 0.15) is 5.78 Å². The number of allylic oxidation sites excluding steroid dienone is 4. The van der Waals surface area contributed by atoms with E-state index in [4.69, 9.17) is 9.47 Å². The van der Waals surface area contributed by atoms with E-state index in [0.29, 0.717) is 37.9 Å². The second-order valence-electron chi connectivity index (χ2n) is 10.4. The van der Waals surface area contributed by atoms with Gasteiger partial charge in [0.2, 0.25) is 5.78 Å². The molecule has 0 saturated heterocycles. The van der Waals surface area contributed by atoms with Gasteiger partial charge in [-0.1, -0.05) is 19.9 Å². The lowest BCUT2D eigenvalue weighted by Gasteiger charge is -2.57. The fourth-order valence-electron chi connectivity index (χ4n) is 7.34. The van der Waals surface area contributed by atoms with Crippen molar-refractivity contribution in [1.82, 2.24) is 0 Å². The zero-order chi connectivity index (χ0) is 23.5. The number of aliphatic hydroxyl groups is 1. The normalized spacial score (nSPS) is 40.2. The lowest BCUT2D eigenvalue weighted by atomic mass is 9.47. The fourth-order valence-corrected chi connectivity index (χ4v) is 7.34. The number of ketones is 2. The van der Waals surface area contributed by atoms with Crippen molar-refractivity contribution < 1.29 is 33.8 Å². The van der Waals surface area contributed by atoms with Crippen LogP contribution in [0.25, 0.3) is 0 Å². The van der Waals surface area contributed by atoms with Gasteiger partial charge in [0, 0.05) is 43.4 Å². The molecule has 7 nitrogen and oxygen atoms in total. The first-order chi connectivity index (χ1) is 14.9. The lowest BCUT2D eigenvalue weighted by Crippen LogP contribution is -2.62. The lowest BCUT2D eigenvalue weighted by molar-refractivity contribution is -0.191. The average Bonchev–Trinajstić information content (AvgIpc) is 2.98. The summed E-state index contributed by atoms with van der Waals surface area (Å²) >= 11 is 0. The predicted octanol–water partition coefficient (Wildman–Crippen LogP) is 3.61. The van der Waals surface area contributed by atoms with Crippen LogP contribution in [0.15, 0.2) is 23.5 Å². The molecule has 0 aromatic heterocycles. The highest BCUT2D eigenvalue weighted by Crippen LogP contribution is 2.66. The molecular formula is C25H32O7. The van der Waals surface area contributed by atoms with Gasteiger partial charge >= 0.3 is 11.9 Å². The monoisotopic (exact) mass is 444 g/mol. The van der Waals surface area contributed by atoms with Crippen LogP contribution in [-0.4, -0.2) is 40.8 Å². The molecule has 0 amide bonds. The van der Waals surface area contributed by atoms with E-state index < -0.39 is 35.3 Å². The number of esters is 2. The Kier molecular flexibility index (Phi) is 5.37. The molecule has 3 unspecified atom stereocenters. The summed E-state index contributed by atoms with van der Waals surface area (Å²) < 4.78 is 10.7. The molecule has 0 radical (unpaired) electrons. The first-order valence-electron chi connectivity index (χ1n) is 11.4. The summed E-state index contributed by atoms with van der Waals surface area (Å²) in [6, 6.07) is 0. The number of hydrogen-bond donors (Lipinski definition) is 1. The number of fused-ring (bicyclic) bond motifs is 5. The van der Waals surface area contributed by atoms with Crippen LogP contribution in [0.4, 0.5) is 0 Å². The van der Waals surface area contributed by atoms with E-state index in [1.54, 1.807) is 6.08 Å². The SMILES string of the molecule is CC(=O)OCC(=O)[C@@]1(OC(C)=O)CCC2C3CC=C4C=C(O)CC[C@]4(C)C3C(=O)C[C@@]21C. The summed E-state index contributed by atoms with van der Waals surface area (Å²) in [6.45, 7) is 6.02. The van der Waals surface area contributed by atoms with E-state index in [2.05, 4.69) is 13.0 Å². The van der Waals surface area contributed by atoms with E-state index >= 15 is 0 Å². The van der Waals surface area contributed by atoms with Gasteiger partial charge in [-0.05, 0) is 49.2 Å². The Morgan fingerprint density at radius 3 is 2.53 bits per heavy atom. The number of hydrogen-bond acceptors (Lipinski definition) is 7. The van der Waals surface area contributed by atoms with Crippen LogP contribution >= 0.6 is 0 Å². The van der Waals surface area contributed by atoms with E-state index in [1.807, 2.05) is 6.92 Å². The van der Waals surface area contributed by atoms with Crippen molar-refractivity contribution in [2.75, 3.05) is 6.61 Å². The first kappa shape index (κ1) is 22.7. The van der Waals surface area contributed by atoms with Gasteiger partial charge in [0.05, 0.1) is 5.76 Å². The average molecular weight is 445 g/mol. The topological polar surface area (TPSA) is 107 Å². The number of carbonyl (C=O) groups is 4. The molecule has 0 aromatic rings. The van der Waals surface area contributed by atoms with Crippen molar-refractivity contribution >= 4 is 23.5 Å². The second kappa shape index (κ2) is 7.56. The highest BCUT2D eigenvalue weighted by Gasteiger charge is 2.70. The molecular weight excluding hydrogens is 412 g/mol. The maximum atomic E-state index is 13.7. The molecule has 7 heteroatoms. The van der Waals surface area contributed by atoms with Crippen molar-refractivity contribution in [2.24, 2.45) is 28.6 Å². The summed E-state index contributed by atoms with van der Waals surface area (Å²) in [6.07, 6.45) is 6.98. The summed E-state index contributed by atoms with van der Waals surface area (Å²) in [5.74, 6) is -1.33. The molecule has 0 bridgehead atoms. The quantitative estimate of drug-likeness (QED) is 0.660. The fraction of sp³-hybridized carbons (Fsp3) is 0.680. The van der Waals surface area contributed by atoms with Crippen molar-refractivity contribution in [3.8, 4) is 0 Å². The van der Waals surface area contributed by atoms with Gasteiger partial charge < -0.3 is 14.6 Å². The highest BCUT2D eigenvalue weighted by atomic mass is 16.6. The smallest absolute Gasteiger partial charge is 0.303 e. The molecule has 6 atom stereocenters. The molecule has 1 N–H and O–H groups in total. The Bertz CT molecular complexity index is 946. The van der Waals surface area contributed by atoms with Crippen molar-refractivity contribution in [3.05, 3.63) is 23.5 Å². The van der Waals surface area contributed by atoms with Crippen LogP contribution in [0, 0.1) is 28.6 Å². The summed E-state index contributed by atoms with van der Waals surface area (Å²) in [4.78, 5) is 50.5. The Labute approximate surface area is 188 Å². The Morgan fingerprint density at radius 2 is 1.88 bits per heavy atom. The van der Waals surface area contributed by atoms with Crippen molar-refractivity contribution in [1.29, 1.82) is 0 Å². The van der Waals surface area contributed by atoms with Gasteiger partial charge in [-0.3, -0.25) is 19.2 Å². The predicted molar refractivity (Wildman–Crippen MR) is 114 cm³/mol. The summed E-state index contributed by atoms with van der Waals surface area (Å²) in [7, 11) is 0. The maximum absolute atomic E-state index is 13.7. The molecule has 4 aliphatic carbocycles. The van der Waals surface area contributed by atoms with Gasteiger partial charge in [0.25, 0.3) is 0 Å². The van der Waals surface area contributed by atoms with E-state index in [0.717, 1.165) is 5.57 Å². The Morgan fingerprint density at radius 1 is 1.16 bits per heavy atom. The zero-order valence-electron chi connectivity index (χ0n) is 19.2. The van der Waals surface area contributed by atoms with Crippen LogP contribution in [0.3, 0.4) is 0 Å². The van der Waals surface area contributed by atoms with Crippen LogP contribution in [-0.2, 0) is 28.7 Å². The highest BCUT2D eigenvalue weighted by molar-refractivity contribution is 5.95. The summed E-state index contributed by atoms with van der Waals surface area (Å²) in [5, 5.41) is 10.0. The van der Waals surface area contributed by atoms with Crippen molar-refractivity contribution in [2.45, 2.75) is 71.8 Å². The molecule has 0 aromatic carbocycles. The van der Waals surface area contributed by atoms with Gasteiger partial charge in [0.15, 0.2) is 12.2 Å². The molecule has 174 valence electrons. The largest absolute Gasteiger partial charge is 0.512 e. The third-order valence-electron chi connectivity index (χ3n) is 8.73. The minimum atomic E-state index is -1.48. The summed E-state index contributed by atoms with van der Waals surface area (Å²) in [5.41, 5.74) is -1.66. The molecule has 0 spiro atoms. The molecule has 2 fully saturated rings. The van der Waals surface area contributed by atoms with E-state index in [9.17, 15) is 24.3 Å². The van der Waals surface area contributed by atoms with Crippen LogP contribution in [0.1, 0.15) is 66.2 Å². The molecule has 0 heterocycles. The van der Waals surface area contributed by atoms with Crippen molar-refractivity contribution in [3.63, 3.8) is 0 Å². The molecule has 2 saturated carbocycles. The number of rotatable bonds is 4. The Balaban J connectivity index is 1.74.